The van der Waals surface area contributed by atoms with E-state index in [9.17, 15) is 0 Å². The molecule has 0 bridgehead atoms. The van der Waals surface area contributed by atoms with Crippen LogP contribution in [0.2, 0.25) is 5.02 Å². The molecule has 1 fully saturated rings. The maximum atomic E-state index is 5.91. The van der Waals surface area contributed by atoms with Gasteiger partial charge in [-0.25, -0.2) is 0 Å². The van der Waals surface area contributed by atoms with Crippen LogP contribution in [0.25, 0.3) is 11.5 Å². The van der Waals surface area contributed by atoms with Crippen molar-refractivity contribution in [1.82, 2.24) is 15.1 Å². The van der Waals surface area contributed by atoms with Crippen LogP contribution in [0.4, 0.5) is 0 Å². The molecule has 2 aromatic heterocycles. The first kappa shape index (κ1) is 12.6. The predicted octanol–water partition coefficient (Wildman–Crippen LogP) is 2.56. The van der Waals surface area contributed by atoms with Crippen molar-refractivity contribution in [2.75, 3.05) is 6.54 Å². The Morgan fingerprint density at radius 3 is 2.74 bits per heavy atom. The number of aromatic nitrogens is 3. The number of hydrogen-bond acceptors (Lipinski definition) is 5. The summed E-state index contributed by atoms with van der Waals surface area (Å²) < 4.78 is 5.41. The average molecular weight is 279 g/mol. The Labute approximate surface area is 116 Å². The van der Waals surface area contributed by atoms with Crippen molar-refractivity contribution in [1.29, 1.82) is 0 Å². The summed E-state index contributed by atoms with van der Waals surface area (Å²) >= 11 is 5.81. The summed E-state index contributed by atoms with van der Waals surface area (Å²) in [5.74, 6) is 1.13. The lowest BCUT2D eigenvalue weighted by molar-refractivity contribution is 0.284. The van der Waals surface area contributed by atoms with Crippen molar-refractivity contribution < 1.29 is 4.52 Å². The van der Waals surface area contributed by atoms with Crippen molar-refractivity contribution in [3.63, 3.8) is 0 Å². The van der Waals surface area contributed by atoms with Gasteiger partial charge in [-0.15, -0.1) is 0 Å². The molecule has 6 heteroatoms. The minimum atomic E-state index is -0.141. The van der Waals surface area contributed by atoms with Crippen LogP contribution >= 0.6 is 11.6 Å². The Balaban J connectivity index is 1.92. The Morgan fingerprint density at radius 2 is 2.11 bits per heavy atom. The summed E-state index contributed by atoms with van der Waals surface area (Å²) in [5, 5.41) is 4.59. The Bertz CT molecular complexity index is 560. The van der Waals surface area contributed by atoms with E-state index in [-0.39, 0.29) is 5.41 Å². The van der Waals surface area contributed by atoms with E-state index in [1.165, 1.54) is 0 Å². The highest BCUT2D eigenvalue weighted by molar-refractivity contribution is 6.30. The van der Waals surface area contributed by atoms with E-state index >= 15 is 0 Å². The third-order valence-electron chi connectivity index (χ3n) is 3.79. The number of hydrogen-bond donors (Lipinski definition) is 1. The van der Waals surface area contributed by atoms with Crippen LogP contribution < -0.4 is 5.73 Å². The minimum absolute atomic E-state index is 0.141. The highest BCUT2D eigenvalue weighted by atomic mass is 35.5. The monoisotopic (exact) mass is 278 g/mol. The lowest BCUT2D eigenvalue weighted by Crippen LogP contribution is -2.32. The fraction of sp³-hybridized carbons (Fsp3) is 0.462. The van der Waals surface area contributed by atoms with Gasteiger partial charge in [-0.05, 0) is 25.0 Å². The van der Waals surface area contributed by atoms with Crippen molar-refractivity contribution in [2.45, 2.75) is 31.1 Å². The molecule has 2 N–H and O–H groups in total. The zero-order chi connectivity index (χ0) is 13.3. The van der Waals surface area contributed by atoms with Crippen LogP contribution in [0.15, 0.2) is 22.9 Å². The van der Waals surface area contributed by atoms with Gasteiger partial charge in [0.05, 0.1) is 10.4 Å². The fourth-order valence-electron chi connectivity index (χ4n) is 2.61. The van der Waals surface area contributed by atoms with Crippen LogP contribution in [-0.4, -0.2) is 21.7 Å². The first-order chi connectivity index (χ1) is 9.23. The third-order valence-corrected chi connectivity index (χ3v) is 4.01. The number of halogens is 1. The van der Waals surface area contributed by atoms with Crippen molar-refractivity contribution in [3.8, 4) is 11.5 Å². The number of rotatable bonds is 3. The standard InChI is InChI=1S/C13H15ClN4O/c14-9-3-4-10(16-7-9)11-17-12(19-18-11)13(8-15)5-1-2-6-13/h3-4,7H,1-2,5-6,8,15H2. The molecule has 0 spiro atoms. The summed E-state index contributed by atoms with van der Waals surface area (Å²) in [6.45, 7) is 0.544. The highest BCUT2D eigenvalue weighted by Crippen LogP contribution is 2.39. The average Bonchev–Trinajstić information content (AvgIpc) is 3.09. The molecule has 1 saturated carbocycles. The lowest BCUT2D eigenvalue weighted by Gasteiger charge is -2.21. The molecular formula is C13H15ClN4O. The van der Waals surface area contributed by atoms with Gasteiger partial charge in [0, 0.05) is 12.7 Å². The zero-order valence-electron chi connectivity index (χ0n) is 10.5. The van der Waals surface area contributed by atoms with Crippen molar-refractivity contribution in [3.05, 3.63) is 29.2 Å². The van der Waals surface area contributed by atoms with Gasteiger partial charge in [-0.3, -0.25) is 4.98 Å². The topological polar surface area (TPSA) is 77.8 Å². The Kier molecular flexibility index (Phi) is 3.24. The van der Waals surface area contributed by atoms with E-state index in [1.54, 1.807) is 18.3 Å². The largest absolute Gasteiger partial charge is 0.338 e. The maximum absolute atomic E-state index is 5.91. The second-order valence-corrected chi connectivity index (χ2v) is 5.41. The molecule has 0 aromatic carbocycles. The SMILES string of the molecule is NCC1(c2nc(-c3ccc(Cl)cn3)no2)CCCC1. The van der Waals surface area contributed by atoms with E-state index in [0.29, 0.717) is 29.0 Å². The molecule has 100 valence electrons. The van der Waals surface area contributed by atoms with Crippen LogP contribution in [0.3, 0.4) is 0 Å². The fourth-order valence-corrected chi connectivity index (χ4v) is 2.72. The normalized spacial score (nSPS) is 17.8. The van der Waals surface area contributed by atoms with E-state index in [4.69, 9.17) is 21.9 Å². The Hall–Kier alpha value is -1.46. The second-order valence-electron chi connectivity index (χ2n) is 4.98. The molecule has 19 heavy (non-hydrogen) atoms. The van der Waals surface area contributed by atoms with Gasteiger partial charge in [0.25, 0.3) is 0 Å². The maximum Gasteiger partial charge on any atom is 0.234 e. The van der Waals surface area contributed by atoms with Gasteiger partial charge < -0.3 is 10.3 Å². The van der Waals surface area contributed by atoms with Crippen LogP contribution in [0.1, 0.15) is 31.6 Å². The molecule has 1 aliphatic carbocycles. The summed E-state index contributed by atoms with van der Waals surface area (Å²) in [4.78, 5) is 8.66. The van der Waals surface area contributed by atoms with E-state index in [0.717, 1.165) is 25.7 Å². The van der Waals surface area contributed by atoms with Gasteiger partial charge in [0.15, 0.2) is 0 Å². The summed E-state index contributed by atoms with van der Waals surface area (Å²) in [6.07, 6.45) is 5.92. The quantitative estimate of drug-likeness (QED) is 0.933. The van der Waals surface area contributed by atoms with Gasteiger partial charge in [0.1, 0.15) is 5.69 Å². The number of nitrogens with two attached hydrogens (primary N) is 1. The molecule has 0 saturated heterocycles. The Morgan fingerprint density at radius 1 is 1.32 bits per heavy atom. The van der Waals surface area contributed by atoms with Gasteiger partial charge in [-0.1, -0.05) is 29.6 Å². The summed E-state index contributed by atoms with van der Waals surface area (Å²) in [5.41, 5.74) is 6.42. The highest BCUT2D eigenvalue weighted by Gasteiger charge is 2.39. The smallest absolute Gasteiger partial charge is 0.234 e. The third kappa shape index (κ3) is 2.24. The van der Waals surface area contributed by atoms with Crippen molar-refractivity contribution >= 4 is 11.6 Å². The molecule has 0 radical (unpaired) electrons. The predicted molar refractivity (Wildman–Crippen MR) is 71.7 cm³/mol. The molecule has 1 aliphatic rings. The minimum Gasteiger partial charge on any atom is -0.338 e. The zero-order valence-corrected chi connectivity index (χ0v) is 11.2. The number of nitrogens with zero attached hydrogens (tertiary/aromatic N) is 3. The van der Waals surface area contributed by atoms with Gasteiger partial charge in [-0.2, -0.15) is 4.98 Å². The molecule has 3 rings (SSSR count). The van der Waals surface area contributed by atoms with E-state index in [1.807, 2.05) is 0 Å². The van der Waals surface area contributed by atoms with Crippen LogP contribution in [-0.2, 0) is 5.41 Å². The molecule has 2 heterocycles. The molecule has 2 aromatic rings. The second kappa shape index (κ2) is 4.90. The number of pyridine rings is 1. The van der Waals surface area contributed by atoms with E-state index in [2.05, 4.69) is 15.1 Å². The molecular weight excluding hydrogens is 264 g/mol. The van der Waals surface area contributed by atoms with Gasteiger partial charge in [0.2, 0.25) is 11.7 Å². The first-order valence-corrected chi connectivity index (χ1v) is 6.77. The molecule has 5 nitrogen and oxygen atoms in total. The lowest BCUT2D eigenvalue weighted by atomic mass is 9.86. The first-order valence-electron chi connectivity index (χ1n) is 6.40. The summed E-state index contributed by atoms with van der Waals surface area (Å²) in [6, 6.07) is 3.54. The van der Waals surface area contributed by atoms with Crippen LogP contribution in [0.5, 0.6) is 0 Å². The molecule has 0 unspecified atom stereocenters. The molecule has 0 atom stereocenters. The van der Waals surface area contributed by atoms with E-state index < -0.39 is 0 Å². The molecule has 0 aliphatic heterocycles. The summed E-state index contributed by atoms with van der Waals surface area (Å²) in [7, 11) is 0. The molecule has 0 amide bonds. The van der Waals surface area contributed by atoms with Gasteiger partial charge >= 0.3 is 0 Å². The van der Waals surface area contributed by atoms with Crippen molar-refractivity contribution in [2.24, 2.45) is 5.73 Å². The van der Waals surface area contributed by atoms with Crippen LogP contribution in [0, 0.1) is 0 Å².